The van der Waals surface area contributed by atoms with Crippen molar-refractivity contribution >= 4 is 28.8 Å². The van der Waals surface area contributed by atoms with Crippen LogP contribution in [0.5, 0.6) is 0 Å². The maximum atomic E-state index is 12.1. The van der Waals surface area contributed by atoms with Crippen LogP contribution in [0.2, 0.25) is 0 Å². The van der Waals surface area contributed by atoms with Crippen LogP contribution in [0.15, 0.2) is 42.3 Å². The summed E-state index contributed by atoms with van der Waals surface area (Å²) in [6, 6.07) is 10.1. The second kappa shape index (κ2) is 6.82. The number of rotatable bonds is 3. The highest BCUT2D eigenvalue weighted by molar-refractivity contribution is 7.78. The van der Waals surface area contributed by atoms with Crippen LogP contribution in [0.1, 0.15) is 27.7 Å². The molecule has 1 fully saturated rings. The van der Waals surface area contributed by atoms with E-state index >= 15 is 0 Å². The first-order valence-electron chi connectivity index (χ1n) is 8.19. The first-order valence-corrected chi connectivity index (χ1v) is 8.60. The number of carbonyl (C=O) groups is 1. The average molecular weight is 354 g/mol. The van der Waals surface area contributed by atoms with Gasteiger partial charge in [-0.2, -0.15) is 0 Å². The van der Waals surface area contributed by atoms with Gasteiger partial charge in [0.05, 0.1) is 24.9 Å². The predicted octanol–water partition coefficient (Wildman–Crippen LogP) is 1.87. The van der Waals surface area contributed by atoms with Gasteiger partial charge in [-0.1, -0.05) is 24.3 Å². The molecule has 1 amide bonds. The number of H-pyrrole nitrogens is 1. The molecule has 2 aromatic rings. The molecule has 4 rings (SSSR count). The van der Waals surface area contributed by atoms with Gasteiger partial charge in [-0.3, -0.25) is 10.1 Å². The van der Waals surface area contributed by atoms with E-state index in [1.54, 1.807) is 6.20 Å². The predicted molar refractivity (Wildman–Crippen MR) is 98.6 cm³/mol. The monoisotopic (exact) mass is 354 g/mol. The van der Waals surface area contributed by atoms with Crippen molar-refractivity contribution in [3.8, 4) is 0 Å². The molecule has 2 aliphatic rings. The summed E-state index contributed by atoms with van der Waals surface area (Å²) in [7, 11) is 0. The number of hydrogen-bond acceptors (Lipinski definition) is 5. The molecule has 0 unspecified atom stereocenters. The molecule has 0 aliphatic carbocycles. The zero-order valence-corrected chi connectivity index (χ0v) is 14.4. The minimum absolute atomic E-state index is 0.0231. The van der Waals surface area contributed by atoms with Gasteiger partial charge in [0.15, 0.2) is 5.82 Å². The van der Waals surface area contributed by atoms with Crippen LogP contribution >= 0.6 is 12.2 Å². The van der Waals surface area contributed by atoms with Crippen molar-refractivity contribution in [1.82, 2.24) is 15.6 Å². The third-order valence-electron chi connectivity index (χ3n) is 4.50. The number of nitrogens with zero attached hydrogens (tertiary/aromatic N) is 1. The highest BCUT2D eigenvalue weighted by Crippen LogP contribution is 2.30. The number of morpholine rings is 1. The molecule has 1 saturated heterocycles. The van der Waals surface area contributed by atoms with Gasteiger partial charge in [0.2, 0.25) is 0 Å². The first kappa shape index (κ1) is 16.1. The maximum Gasteiger partial charge on any atom is 0.275 e. The number of fused-ring (bicyclic) bond motifs is 1. The minimum atomic E-state index is -0.198. The highest BCUT2D eigenvalue weighted by Gasteiger charge is 2.29. The van der Waals surface area contributed by atoms with Gasteiger partial charge in [0.25, 0.3) is 5.91 Å². The molecule has 3 heterocycles. The molecule has 25 heavy (non-hydrogen) atoms. The van der Waals surface area contributed by atoms with Crippen LogP contribution in [0, 0.1) is 0 Å². The molecular weight excluding hydrogens is 336 g/mol. The molecule has 0 saturated carbocycles. The van der Waals surface area contributed by atoms with E-state index in [0.717, 1.165) is 29.9 Å². The molecule has 2 aliphatic heterocycles. The van der Waals surface area contributed by atoms with Gasteiger partial charge in [0, 0.05) is 19.3 Å². The molecule has 3 N–H and O–H groups in total. The first-order chi connectivity index (χ1) is 12.3. The fraction of sp³-hybridized carbons (Fsp3) is 0.278. The Kier molecular flexibility index (Phi) is 4.38. The molecule has 128 valence electrons. The van der Waals surface area contributed by atoms with Gasteiger partial charge in [-0.05, 0) is 34.4 Å². The van der Waals surface area contributed by atoms with Crippen LogP contribution in [-0.2, 0) is 11.3 Å². The Labute approximate surface area is 150 Å². The van der Waals surface area contributed by atoms with Crippen molar-refractivity contribution in [2.45, 2.75) is 12.6 Å². The summed E-state index contributed by atoms with van der Waals surface area (Å²) in [5, 5.41) is 8.83. The SMILES string of the molecule is O=C1NC(=C=S)N(Cc2ccccc2[C@@H]2CNCCO2)c2cc[nH]c21. The Morgan fingerprint density at radius 3 is 3.00 bits per heavy atom. The number of hydrogen-bond donors (Lipinski definition) is 3. The molecular formula is C18H18N4O2S. The number of benzene rings is 1. The van der Waals surface area contributed by atoms with Gasteiger partial charge in [0.1, 0.15) is 5.69 Å². The number of thiocarbonyl (C=S) groups is 1. The maximum absolute atomic E-state index is 12.1. The number of aromatic amines is 1. The lowest BCUT2D eigenvalue weighted by Gasteiger charge is -2.32. The normalized spacial score (nSPS) is 20.0. The second-order valence-corrected chi connectivity index (χ2v) is 6.20. The lowest BCUT2D eigenvalue weighted by atomic mass is 10.0. The summed E-state index contributed by atoms with van der Waals surface area (Å²) in [4.78, 5) is 17.1. The van der Waals surface area contributed by atoms with Crippen LogP contribution in [0.4, 0.5) is 5.69 Å². The van der Waals surface area contributed by atoms with Gasteiger partial charge >= 0.3 is 0 Å². The number of amides is 1. The van der Waals surface area contributed by atoms with Crippen molar-refractivity contribution in [1.29, 1.82) is 0 Å². The highest BCUT2D eigenvalue weighted by atomic mass is 32.1. The average Bonchev–Trinajstić information content (AvgIpc) is 3.15. The third kappa shape index (κ3) is 2.99. The fourth-order valence-corrected chi connectivity index (χ4v) is 3.46. The molecule has 0 spiro atoms. The molecule has 0 radical (unpaired) electrons. The number of anilines is 1. The number of aromatic nitrogens is 1. The third-order valence-corrected chi connectivity index (χ3v) is 4.69. The fourth-order valence-electron chi connectivity index (χ4n) is 3.30. The van der Waals surface area contributed by atoms with Crippen molar-refractivity contribution in [2.24, 2.45) is 0 Å². The summed E-state index contributed by atoms with van der Waals surface area (Å²) in [5.74, 6) is 0.293. The summed E-state index contributed by atoms with van der Waals surface area (Å²) >= 11 is 4.99. The summed E-state index contributed by atoms with van der Waals surface area (Å²) < 4.78 is 5.92. The van der Waals surface area contributed by atoms with E-state index in [0.29, 0.717) is 24.7 Å². The van der Waals surface area contributed by atoms with E-state index < -0.39 is 0 Å². The topological polar surface area (TPSA) is 69.4 Å². The Bertz CT molecular complexity index is 850. The Morgan fingerprint density at radius 1 is 1.32 bits per heavy atom. The van der Waals surface area contributed by atoms with Crippen LogP contribution < -0.4 is 15.5 Å². The number of ether oxygens (including phenoxy) is 1. The molecule has 1 aromatic carbocycles. The van der Waals surface area contributed by atoms with Crippen LogP contribution in [0.3, 0.4) is 0 Å². The van der Waals surface area contributed by atoms with Crippen molar-refractivity contribution in [3.05, 3.63) is 59.2 Å². The Hall–Kier alpha value is -2.44. The minimum Gasteiger partial charge on any atom is -0.371 e. The number of carbonyl (C=O) groups excluding carboxylic acids is 1. The number of nitrogens with one attached hydrogen (secondary N) is 3. The van der Waals surface area contributed by atoms with Gasteiger partial charge in [-0.25, -0.2) is 0 Å². The largest absolute Gasteiger partial charge is 0.371 e. The van der Waals surface area contributed by atoms with Crippen LogP contribution in [-0.4, -0.2) is 35.6 Å². The van der Waals surface area contributed by atoms with Crippen LogP contribution in [0.25, 0.3) is 0 Å². The van der Waals surface area contributed by atoms with E-state index in [2.05, 4.69) is 32.8 Å². The van der Waals surface area contributed by atoms with E-state index in [4.69, 9.17) is 17.0 Å². The van der Waals surface area contributed by atoms with E-state index in [1.165, 1.54) is 0 Å². The zero-order chi connectivity index (χ0) is 17.2. The Morgan fingerprint density at radius 2 is 2.20 bits per heavy atom. The lowest BCUT2D eigenvalue weighted by Crippen LogP contribution is -2.41. The zero-order valence-electron chi connectivity index (χ0n) is 13.5. The van der Waals surface area contributed by atoms with E-state index in [9.17, 15) is 4.79 Å². The molecule has 7 heteroatoms. The van der Waals surface area contributed by atoms with Crippen molar-refractivity contribution in [2.75, 3.05) is 24.6 Å². The summed E-state index contributed by atoms with van der Waals surface area (Å²) in [5.41, 5.74) is 3.60. The molecule has 1 atom stereocenters. The summed E-state index contributed by atoms with van der Waals surface area (Å²) in [6.07, 6.45) is 1.78. The smallest absolute Gasteiger partial charge is 0.275 e. The molecule has 1 aromatic heterocycles. The quantitative estimate of drug-likeness (QED) is 0.734. The van der Waals surface area contributed by atoms with E-state index in [1.807, 2.05) is 23.1 Å². The molecule has 0 bridgehead atoms. The van der Waals surface area contributed by atoms with Crippen molar-refractivity contribution in [3.63, 3.8) is 0 Å². The van der Waals surface area contributed by atoms with E-state index in [-0.39, 0.29) is 12.0 Å². The lowest BCUT2D eigenvalue weighted by molar-refractivity contribution is 0.0271. The van der Waals surface area contributed by atoms with Crippen molar-refractivity contribution < 1.29 is 9.53 Å². The molecule has 6 nitrogen and oxygen atoms in total. The standard InChI is InChI=1S/C18H18N4O2S/c23-18-17-14(5-6-20-17)22(16(11-25)21-18)10-12-3-1-2-4-13(12)15-9-19-7-8-24-15/h1-6,15,19-20H,7-10H2,(H,21,23)/t15-/m0/s1. The second-order valence-electron chi connectivity index (χ2n) is 5.99. The Balaban J connectivity index is 1.69. The van der Waals surface area contributed by atoms with Gasteiger partial charge in [-0.15, -0.1) is 0 Å². The summed E-state index contributed by atoms with van der Waals surface area (Å²) in [6.45, 7) is 2.94. The van der Waals surface area contributed by atoms with Gasteiger partial charge < -0.3 is 19.9 Å².